The summed E-state index contributed by atoms with van der Waals surface area (Å²) >= 11 is 0. The van der Waals surface area contributed by atoms with Crippen LogP contribution in [0.2, 0.25) is 0 Å². The molecule has 1 aliphatic rings. The van der Waals surface area contributed by atoms with Crippen molar-refractivity contribution in [3.8, 4) is 11.5 Å². The van der Waals surface area contributed by atoms with Crippen molar-refractivity contribution >= 4 is 23.4 Å². The maximum absolute atomic E-state index is 12.9. The van der Waals surface area contributed by atoms with Crippen LogP contribution in [0.5, 0.6) is 11.5 Å². The Kier molecular flexibility index (Phi) is 6.06. The molecule has 3 rings (SSSR count). The van der Waals surface area contributed by atoms with Crippen molar-refractivity contribution < 1.29 is 29.3 Å². The first-order chi connectivity index (χ1) is 14.3. The fourth-order valence-electron chi connectivity index (χ4n) is 3.43. The molecule has 0 spiro atoms. The number of hydrogen-bond donors (Lipinski definition) is 3. The van der Waals surface area contributed by atoms with Gasteiger partial charge in [-0.2, -0.15) is 0 Å². The molecule has 2 aromatic carbocycles. The number of phenols is 1. The number of carbonyl (C=O) groups is 3. The van der Waals surface area contributed by atoms with Crippen LogP contribution in [0.3, 0.4) is 0 Å². The molecule has 0 saturated carbocycles. The maximum Gasteiger partial charge on any atom is 0.295 e. The van der Waals surface area contributed by atoms with Gasteiger partial charge in [-0.3, -0.25) is 14.4 Å². The first kappa shape index (κ1) is 20.9. The Labute approximate surface area is 173 Å². The average molecular weight is 410 g/mol. The second-order valence-electron chi connectivity index (χ2n) is 6.77. The summed E-state index contributed by atoms with van der Waals surface area (Å²) in [6.07, 6.45) is 0. The Balaban J connectivity index is 2.13. The number of benzene rings is 2. The third-order valence-electron chi connectivity index (χ3n) is 4.83. The van der Waals surface area contributed by atoms with Crippen molar-refractivity contribution in [3.63, 3.8) is 0 Å². The van der Waals surface area contributed by atoms with Crippen LogP contribution < -0.4 is 10.1 Å². The molecule has 1 heterocycles. The molecule has 1 atom stereocenters. The van der Waals surface area contributed by atoms with Gasteiger partial charge in [-0.15, -0.1) is 0 Å². The predicted octanol–water partition coefficient (Wildman–Crippen LogP) is 1.96. The van der Waals surface area contributed by atoms with Gasteiger partial charge in [0, 0.05) is 25.6 Å². The van der Waals surface area contributed by atoms with Crippen LogP contribution in [0.1, 0.15) is 24.1 Å². The molecule has 8 nitrogen and oxygen atoms in total. The Morgan fingerprint density at radius 3 is 2.50 bits per heavy atom. The molecule has 0 bridgehead atoms. The van der Waals surface area contributed by atoms with Crippen LogP contribution in [0.15, 0.2) is 54.1 Å². The Morgan fingerprint density at radius 1 is 1.17 bits per heavy atom. The molecule has 0 aromatic heterocycles. The van der Waals surface area contributed by atoms with Gasteiger partial charge in [-0.05, 0) is 17.7 Å². The molecule has 0 radical (unpaired) electrons. The number of Topliss-reactive ketones (excluding diaryl/α,β-unsaturated/α-hetero) is 1. The smallest absolute Gasteiger partial charge is 0.295 e. The van der Waals surface area contributed by atoms with Gasteiger partial charge in [0.15, 0.2) is 11.5 Å². The van der Waals surface area contributed by atoms with Gasteiger partial charge in [0.2, 0.25) is 5.91 Å². The van der Waals surface area contributed by atoms with Gasteiger partial charge in [0.25, 0.3) is 11.7 Å². The highest BCUT2D eigenvalue weighted by Crippen LogP contribution is 2.41. The van der Waals surface area contributed by atoms with Crippen molar-refractivity contribution in [3.05, 3.63) is 65.2 Å². The lowest BCUT2D eigenvalue weighted by atomic mass is 9.95. The fourth-order valence-corrected chi connectivity index (χ4v) is 3.43. The number of ketones is 1. The number of hydrogen-bond acceptors (Lipinski definition) is 6. The molecular formula is C22H22N2O6. The first-order valence-electron chi connectivity index (χ1n) is 9.30. The van der Waals surface area contributed by atoms with Gasteiger partial charge < -0.3 is 25.2 Å². The van der Waals surface area contributed by atoms with Gasteiger partial charge in [-0.25, -0.2) is 0 Å². The zero-order chi connectivity index (χ0) is 21.8. The summed E-state index contributed by atoms with van der Waals surface area (Å²) in [5.74, 6) is -2.10. The van der Waals surface area contributed by atoms with E-state index in [1.165, 1.54) is 31.1 Å². The summed E-state index contributed by atoms with van der Waals surface area (Å²) in [6, 6.07) is 12.0. The average Bonchev–Trinajstić information content (AvgIpc) is 2.99. The van der Waals surface area contributed by atoms with Gasteiger partial charge in [0.1, 0.15) is 5.76 Å². The number of ether oxygens (including phenoxy) is 1. The highest BCUT2D eigenvalue weighted by atomic mass is 16.5. The SMILES string of the molecule is COc1cc(C2/C(=C(/O)c3ccccc3)C(=O)C(=O)N2CCNC(C)=O)ccc1O. The molecule has 156 valence electrons. The summed E-state index contributed by atoms with van der Waals surface area (Å²) in [4.78, 5) is 38.1. The number of nitrogens with one attached hydrogen (secondary N) is 1. The van der Waals surface area contributed by atoms with Crippen molar-refractivity contribution in [2.24, 2.45) is 0 Å². The number of rotatable bonds is 6. The lowest BCUT2D eigenvalue weighted by Gasteiger charge is -2.25. The fraction of sp³-hybridized carbons (Fsp3) is 0.227. The highest BCUT2D eigenvalue weighted by molar-refractivity contribution is 6.46. The molecule has 2 aromatic rings. The maximum atomic E-state index is 12.9. The minimum Gasteiger partial charge on any atom is -0.507 e. The quantitative estimate of drug-likeness (QED) is 0.381. The van der Waals surface area contributed by atoms with E-state index in [4.69, 9.17) is 4.74 Å². The molecule has 8 heteroatoms. The van der Waals surface area contributed by atoms with E-state index in [0.29, 0.717) is 11.1 Å². The molecule has 1 unspecified atom stereocenters. The monoisotopic (exact) mass is 410 g/mol. The third kappa shape index (κ3) is 3.98. The summed E-state index contributed by atoms with van der Waals surface area (Å²) in [5.41, 5.74) is 0.805. The minimum absolute atomic E-state index is 0.0591. The van der Waals surface area contributed by atoms with E-state index in [0.717, 1.165) is 0 Å². The molecule has 1 fully saturated rings. The summed E-state index contributed by atoms with van der Waals surface area (Å²) in [6.45, 7) is 1.55. The standard InChI is InChI=1S/C22H22N2O6/c1-13(25)23-10-11-24-19(15-8-9-16(26)17(12-15)30-2)18(21(28)22(24)29)20(27)14-6-4-3-5-7-14/h3-9,12,19,26-27H,10-11H2,1-2H3,(H,23,25)/b20-18-. The molecule has 0 aliphatic carbocycles. The van der Waals surface area contributed by atoms with Crippen LogP contribution in [0, 0.1) is 0 Å². The molecular weight excluding hydrogens is 388 g/mol. The van der Waals surface area contributed by atoms with E-state index in [9.17, 15) is 24.6 Å². The summed E-state index contributed by atoms with van der Waals surface area (Å²) in [7, 11) is 1.39. The topological polar surface area (TPSA) is 116 Å². The number of nitrogens with zero attached hydrogens (tertiary/aromatic N) is 1. The zero-order valence-electron chi connectivity index (χ0n) is 16.6. The van der Waals surface area contributed by atoms with Crippen LogP contribution in [-0.2, 0) is 14.4 Å². The van der Waals surface area contributed by atoms with E-state index in [1.54, 1.807) is 36.4 Å². The molecule has 30 heavy (non-hydrogen) atoms. The second-order valence-corrected chi connectivity index (χ2v) is 6.77. The summed E-state index contributed by atoms with van der Waals surface area (Å²) in [5, 5.41) is 23.4. The van der Waals surface area contributed by atoms with Crippen LogP contribution >= 0.6 is 0 Å². The number of aliphatic hydroxyl groups is 1. The van der Waals surface area contributed by atoms with Crippen molar-refractivity contribution in [1.29, 1.82) is 0 Å². The number of phenolic OH excluding ortho intramolecular Hbond substituents is 1. The highest BCUT2D eigenvalue weighted by Gasteiger charge is 2.46. The van der Waals surface area contributed by atoms with Gasteiger partial charge in [-0.1, -0.05) is 36.4 Å². The Morgan fingerprint density at radius 2 is 1.87 bits per heavy atom. The normalized spacial score (nSPS) is 17.8. The second kappa shape index (κ2) is 8.69. The number of aliphatic hydroxyl groups excluding tert-OH is 1. The van der Waals surface area contributed by atoms with Crippen LogP contribution in [0.25, 0.3) is 5.76 Å². The third-order valence-corrected chi connectivity index (χ3v) is 4.83. The lowest BCUT2D eigenvalue weighted by Crippen LogP contribution is -2.37. The van der Waals surface area contributed by atoms with Crippen LogP contribution in [0.4, 0.5) is 0 Å². The molecule has 1 saturated heterocycles. The minimum atomic E-state index is -0.909. The van der Waals surface area contributed by atoms with Crippen molar-refractivity contribution in [2.75, 3.05) is 20.2 Å². The Bertz CT molecular complexity index is 1020. The zero-order valence-corrected chi connectivity index (χ0v) is 16.6. The van der Waals surface area contributed by atoms with E-state index >= 15 is 0 Å². The Hall–Kier alpha value is -3.81. The first-order valence-corrected chi connectivity index (χ1v) is 9.30. The predicted molar refractivity (Wildman–Crippen MR) is 109 cm³/mol. The molecule has 2 amide bonds. The molecule has 3 N–H and O–H groups in total. The summed E-state index contributed by atoms with van der Waals surface area (Å²) < 4.78 is 5.15. The number of amides is 2. The number of likely N-dealkylation sites (tertiary alicyclic amines) is 1. The van der Waals surface area contributed by atoms with E-state index in [-0.39, 0.29) is 41.8 Å². The van der Waals surface area contributed by atoms with Crippen molar-refractivity contribution in [2.45, 2.75) is 13.0 Å². The van der Waals surface area contributed by atoms with Gasteiger partial charge >= 0.3 is 0 Å². The van der Waals surface area contributed by atoms with Gasteiger partial charge in [0.05, 0.1) is 18.7 Å². The van der Waals surface area contributed by atoms with E-state index in [1.807, 2.05) is 0 Å². The largest absolute Gasteiger partial charge is 0.507 e. The van der Waals surface area contributed by atoms with Crippen LogP contribution in [-0.4, -0.2) is 52.9 Å². The number of aromatic hydroxyl groups is 1. The van der Waals surface area contributed by atoms with E-state index in [2.05, 4.69) is 5.32 Å². The molecule has 1 aliphatic heterocycles. The number of carbonyl (C=O) groups excluding carboxylic acids is 3. The van der Waals surface area contributed by atoms with E-state index < -0.39 is 17.7 Å². The lowest BCUT2D eigenvalue weighted by molar-refractivity contribution is -0.140. The van der Waals surface area contributed by atoms with Crippen molar-refractivity contribution in [1.82, 2.24) is 10.2 Å². The number of methoxy groups -OCH3 is 1.